The molecule has 140 valence electrons. The molecule has 0 saturated heterocycles. The lowest BCUT2D eigenvalue weighted by Gasteiger charge is -2.05. The fourth-order valence-electron chi connectivity index (χ4n) is 2.24. The molecule has 0 spiro atoms. The number of esters is 1. The number of hydrazone groups is 1. The molecule has 0 aliphatic carbocycles. The predicted molar refractivity (Wildman–Crippen MR) is 115 cm³/mol. The summed E-state index contributed by atoms with van der Waals surface area (Å²) in [4.78, 5) is 24.2. The number of hydrogen-bond donors (Lipinski definition) is 1. The Balaban J connectivity index is 1.57. The summed E-state index contributed by atoms with van der Waals surface area (Å²) in [7, 11) is 0. The molecule has 3 aromatic rings. The van der Waals surface area contributed by atoms with Crippen LogP contribution in [0.4, 0.5) is 0 Å². The first-order valence-electron chi connectivity index (χ1n) is 8.19. The first-order valence-corrected chi connectivity index (χ1v) is 9.77. The molecule has 0 aliphatic heterocycles. The van der Waals surface area contributed by atoms with Crippen molar-refractivity contribution in [2.75, 3.05) is 0 Å². The van der Waals surface area contributed by atoms with Crippen molar-refractivity contribution < 1.29 is 14.3 Å². The van der Waals surface area contributed by atoms with E-state index in [9.17, 15) is 9.59 Å². The number of carbonyl (C=O) groups is 2. The van der Waals surface area contributed by atoms with E-state index >= 15 is 0 Å². The minimum atomic E-state index is -0.436. The normalized spacial score (nSPS) is 10.6. The van der Waals surface area contributed by atoms with Gasteiger partial charge in [-0.1, -0.05) is 28.1 Å². The number of ether oxygens (including phenoxy) is 1. The maximum absolute atomic E-state index is 12.1. The summed E-state index contributed by atoms with van der Waals surface area (Å²) in [5.41, 5.74) is 4.18. The Labute approximate surface area is 178 Å². The van der Waals surface area contributed by atoms with Crippen molar-refractivity contribution in [3.8, 4) is 5.75 Å². The highest BCUT2D eigenvalue weighted by atomic mass is 79.9. The highest BCUT2D eigenvalue weighted by Crippen LogP contribution is 2.16. The van der Waals surface area contributed by atoms with Gasteiger partial charge in [0.25, 0.3) is 5.91 Å². The molecule has 0 unspecified atom stereocenters. The van der Waals surface area contributed by atoms with Crippen molar-refractivity contribution in [1.82, 2.24) is 5.43 Å². The van der Waals surface area contributed by atoms with Crippen LogP contribution in [0.2, 0.25) is 0 Å². The zero-order valence-electron chi connectivity index (χ0n) is 14.4. The Hall–Kier alpha value is -2.77. The van der Waals surface area contributed by atoms with Crippen LogP contribution in [0.3, 0.4) is 0 Å². The van der Waals surface area contributed by atoms with E-state index in [1.165, 1.54) is 6.21 Å². The lowest BCUT2D eigenvalue weighted by atomic mass is 10.2. The van der Waals surface area contributed by atoms with Crippen LogP contribution in [0.5, 0.6) is 5.75 Å². The molecule has 0 fully saturated rings. The van der Waals surface area contributed by atoms with Gasteiger partial charge in [-0.2, -0.15) is 5.10 Å². The number of nitrogens with one attached hydrogen (secondary N) is 1. The van der Waals surface area contributed by atoms with Crippen LogP contribution in [0.15, 0.2) is 86.8 Å². The minimum Gasteiger partial charge on any atom is -0.423 e. The third-order valence-corrected chi connectivity index (χ3v) is 4.89. The molecule has 0 radical (unpaired) electrons. The van der Waals surface area contributed by atoms with Gasteiger partial charge >= 0.3 is 5.97 Å². The minimum absolute atomic E-state index is 0.316. The summed E-state index contributed by atoms with van der Waals surface area (Å²) in [6, 6.07) is 20.8. The summed E-state index contributed by atoms with van der Waals surface area (Å²) in [5.74, 6) is -0.333. The molecule has 1 N–H and O–H groups in total. The number of nitrogens with zero attached hydrogens (tertiary/aromatic N) is 1. The number of carbonyl (C=O) groups excluding carboxylic acids is 2. The molecular formula is C21H14Br2N2O3. The van der Waals surface area contributed by atoms with E-state index in [-0.39, 0.29) is 5.91 Å². The first kappa shape index (κ1) is 20.0. The SMILES string of the molecule is O=C(Oc1ccc(C=NNC(=O)c2ccccc2Br)cc1)c1ccc(Br)cc1. The Morgan fingerprint density at radius 3 is 2.25 bits per heavy atom. The Bertz CT molecular complexity index is 1020. The molecule has 0 saturated carbocycles. The first-order chi connectivity index (χ1) is 13.5. The number of benzene rings is 3. The Morgan fingerprint density at radius 1 is 0.893 bits per heavy atom. The van der Waals surface area contributed by atoms with E-state index in [2.05, 4.69) is 42.4 Å². The van der Waals surface area contributed by atoms with Crippen LogP contribution < -0.4 is 10.2 Å². The number of hydrogen-bond acceptors (Lipinski definition) is 4. The van der Waals surface area contributed by atoms with E-state index in [4.69, 9.17) is 4.74 Å². The van der Waals surface area contributed by atoms with Crippen molar-refractivity contribution >= 4 is 50.0 Å². The van der Waals surface area contributed by atoms with Crippen molar-refractivity contribution in [2.24, 2.45) is 5.10 Å². The standard InChI is InChI=1S/C21H14Br2N2O3/c22-16-9-7-15(8-10-16)21(27)28-17-11-5-14(6-12-17)13-24-25-20(26)18-3-1-2-4-19(18)23/h1-13H,(H,25,26). The monoisotopic (exact) mass is 500 g/mol. The zero-order valence-corrected chi connectivity index (χ0v) is 17.6. The summed E-state index contributed by atoms with van der Waals surface area (Å²) in [5, 5.41) is 3.95. The maximum atomic E-state index is 12.1. The highest BCUT2D eigenvalue weighted by molar-refractivity contribution is 9.10. The summed E-state index contributed by atoms with van der Waals surface area (Å²) >= 11 is 6.65. The fourth-order valence-corrected chi connectivity index (χ4v) is 2.97. The Kier molecular flexibility index (Phi) is 6.73. The second kappa shape index (κ2) is 9.43. The maximum Gasteiger partial charge on any atom is 0.343 e. The van der Waals surface area contributed by atoms with Crippen LogP contribution in [0, 0.1) is 0 Å². The molecule has 7 heteroatoms. The fraction of sp³-hybridized carbons (Fsp3) is 0. The molecular weight excluding hydrogens is 488 g/mol. The zero-order chi connectivity index (χ0) is 19.9. The topological polar surface area (TPSA) is 67.8 Å². The molecule has 0 bridgehead atoms. The van der Waals surface area contributed by atoms with E-state index in [0.717, 1.165) is 10.0 Å². The van der Waals surface area contributed by atoms with Crippen molar-refractivity contribution in [2.45, 2.75) is 0 Å². The molecule has 1 amide bonds. The summed E-state index contributed by atoms with van der Waals surface area (Å²) < 4.78 is 6.92. The van der Waals surface area contributed by atoms with E-state index in [1.807, 2.05) is 6.07 Å². The van der Waals surface area contributed by atoms with Crippen LogP contribution in [-0.4, -0.2) is 18.1 Å². The van der Waals surface area contributed by atoms with Gasteiger partial charge < -0.3 is 4.74 Å². The van der Waals surface area contributed by atoms with E-state index in [0.29, 0.717) is 21.3 Å². The average Bonchev–Trinajstić information content (AvgIpc) is 2.70. The van der Waals surface area contributed by atoms with Crippen molar-refractivity contribution in [3.63, 3.8) is 0 Å². The Morgan fingerprint density at radius 2 is 1.57 bits per heavy atom. The van der Waals surface area contributed by atoms with Crippen LogP contribution in [-0.2, 0) is 0 Å². The molecule has 3 rings (SSSR count). The van der Waals surface area contributed by atoms with Crippen molar-refractivity contribution in [3.05, 3.63) is 98.4 Å². The highest BCUT2D eigenvalue weighted by Gasteiger charge is 2.09. The van der Waals surface area contributed by atoms with Gasteiger partial charge in [0, 0.05) is 8.95 Å². The lowest BCUT2D eigenvalue weighted by molar-refractivity contribution is 0.0734. The molecule has 0 heterocycles. The second-order valence-corrected chi connectivity index (χ2v) is 7.41. The average molecular weight is 502 g/mol. The van der Waals surface area contributed by atoms with Crippen LogP contribution in [0.1, 0.15) is 26.3 Å². The third-order valence-electron chi connectivity index (χ3n) is 3.67. The van der Waals surface area contributed by atoms with Crippen molar-refractivity contribution in [1.29, 1.82) is 0 Å². The molecule has 0 aliphatic rings. The second-order valence-electron chi connectivity index (χ2n) is 5.64. The van der Waals surface area contributed by atoms with E-state index < -0.39 is 5.97 Å². The predicted octanol–water partition coefficient (Wildman–Crippen LogP) is 5.19. The van der Waals surface area contributed by atoms with Gasteiger partial charge in [-0.25, -0.2) is 10.2 Å². The number of rotatable bonds is 5. The number of amides is 1. The largest absolute Gasteiger partial charge is 0.423 e. The quantitative estimate of drug-likeness (QED) is 0.226. The molecule has 5 nitrogen and oxygen atoms in total. The summed E-state index contributed by atoms with van der Waals surface area (Å²) in [6.45, 7) is 0. The van der Waals surface area contributed by atoms with Gasteiger partial charge in [0.15, 0.2) is 0 Å². The van der Waals surface area contributed by atoms with Crippen LogP contribution in [0.25, 0.3) is 0 Å². The molecule has 28 heavy (non-hydrogen) atoms. The smallest absolute Gasteiger partial charge is 0.343 e. The van der Waals surface area contributed by atoms with Gasteiger partial charge in [0.1, 0.15) is 5.75 Å². The van der Waals surface area contributed by atoms with E-state index in [1.54, 1.807) is 66.7 Å². The van der Waals surface area contributed by atoms with Gasteiger partial charge in [-0.15, -0.1) is 0 Å². The van der Waals surface area contributed by atoms with Gasteiger partial charge in [-0.3, -0.25) is 4.79 Å². The van der Waals surface area contributed by atoms with Crippen LogP contribution >= 0.6 is 31.9 Å². The molecule has 0 aromatic heterocycles. The lowest BCUT2D eigenvalue weighted by Crippen LogP contribution is -2.18. The molecule has 0 atom stereocenters. The van der Waals surface area contributed by atoms with Gasteiger partial charge in [0.05, 0.1) is 17.3 Å². The summed E-state index contributed by atoms with van der Waals surface area (Å²) in [6.07, 6.45) is 1.51. The van der Waals surface area contributed by atoms with Gasteiger partial charge in [-0.05, 0) is 82.2 Å². The molecule has 3 aromatic carbocycles. The third kappa shape index (κ3) is 5.37. The number of halogens is 2. The van der Waals surface area contributed by atoms with Gasteiger partial charge in [0.2, 0.25) is 0 Å².